The average Bonchev–Trinajstić information content (AvgIpc) is 2.78. The first-order valence-corrected chi connectivity index (χ1v) is 7.91. The number of imidazole rings is 1. The third-order valence-electron chi connectivity index (χ3n) is 3.20. The number of aryl methyl sites for hydroxylation is 1. The molecule has 0 saturated heterocycles. The van der Waals surface area contributed by atoms with Crippen LogP contribution in [-0.4, -0.2) is 25.3 Å². The van der Waals surface area contributed by atoms with Crippen LogP contribution >= 0.6 is 27.5 Å². The Morgan fingerprint density at radius 3 is 2.96 bits per heavy atom. The van der Waals surface area contributed by atoms with Gasteiger partial charge in [-0.05, 0) is 28.9 Å². The maximum atomic E-state index is 11.2. The van der Waals surface area contributed by atoms with Crippen molar-refractivity contribution in [2.24, 2.45) is 7.05 Å². The van der Waals surface area contributed by atoms with Crippen LogP contribution in [0.25, 0.3) is 11.2 Å². The molecule has 3 aromatic heterocycles. The van der Waals surface area contributed by atoms with Crippen LogP contribution in [-0.2, 0) is 18.3 Å². The standard InChI is InChI=1S/C15H12BrClN4O2/c1-8(22)5-9-6-10(3-4-18-9)23-11-7-19-14-13(12(11)17)21(2)15(16)20-14/h3-4,6-7H,5H2,1-2H3. The quantitative estimate of drug-likeness (QED) is 0.673. The maximum absolute atomic E-state index is 11.2. The van der Waals surface area contributed by atoms with Gasteiger partial charge in [-0.2, -0.15) is 0 Å². The highest BCUT2D eigenvalue weighted by Gasteiger charge is 2.15. The lowest BCUT2D eigenvalue weighted by atomic mass is 10.2. The second kappa shape index (κ2) is 6.25. The van der Waals surface area contributed by atoms with Crippen LogP contribution in [0.5, 0.6) is 11.5 Å². The van der Waals surface area contributed by atoms with Crippen molar-refractivity contribution < 1.29 is 9.53 Å². The van der Waals surface area contributed by atoms with E-state index < -0.39 is 0 Å². The van der Waals surface area contributed by atoms with E-state index >= 15 is 0 Å². The summed E-state index contributed by atoms with van der Waals surface area (Å²) in [6.07, 6.45) is 3.38. The Hall–Kier alpha value is -1.99. The number of carbonyl (C=O) groups excluding carboxylic acids is 1. The van der Waals surface area contributed by atoms with E-state index in [-0.39, 0.29) is 12.2 Å². The SMILES string of the molecule is CC(=O)Cc1cc(Oc2cnc3nc(Br)n(C)c3c2Cl)ccn1. The van der Waals surface area contributed by atoms with Gasteiger partial charge in [-0.25, -0.2) is 9.97 Å². The van der Waals surface area contributed by atoms with Gasteiger partial charge in [-0.15, -0.1) is 0 Å². The normalized spacial score (nSPS) is 11.0. The maximum Gasteiger partial charge on any atom is 0.180 e. The molecule has 0 bridgehead atoms. The molecule has 8 heteroatoms. The first kappa shape index (κ1) is 15.9. The van der Waals surface area contributed by atoms with Gasteiger partial charge in [0.2, 0.25) is 0 Å². The molecule has 0 radical (unpaired) electrons. The van der Waals surface area contributed by atoms with Crippen LogP contribution in [0.15, 0.2) is 29.3 Å². The van der Waals surface area contributed by atoms with Crippen molar-refractivity contribution in [3.63, 3.8) is 0 Å². The van der Waals surface area contributed by atoms with Gasteiger partial charge in [0, 0.05) is 25.7 Å². The van der Waals surface area contributed by atoms with Gasteiger partial charge in [-0.1, -0.05) is 11.6 Å². The van der Waals surface area contributed by atoms with Crippen molar-refractivity contribution >= 4 is 44.5 Å². The molecule has 0 aromatic carbocycles. The topological polar surface area (TPSA) is 69.9 Å². The monoisotopic (exact) mass is 394 g/mol. The Bertz CT molecular complexity index is 910. The molecule has 3 rings (SSSR count). The number of pyridine rings is 2. The Morgan fingerprint density at radius 1 is 1.43 bits per heavy atom. The minimum atomic E-state index is 0.0375. The van der Waals surface area contributed by atoms with Gasteiger partial charge < -0.3 is 9.30 Å². The van der Waals surface area contributed by atoms with Crippen LogP contribution < -0.4 is 4.74 Å². The number of fused-ring (bicyclic) bond motifs is 1. The number of rotatable bonds is 4. The fraction of sp³-hybridized carbons (Fsp3) is 0.200. The number of carbonyl (C=O) groups is 1. The van der Waals surface area contributed by atoms with E-state index in [0.717, 1.165) is 0 Å². The summed E-state index contributed by atoms with van der Waals surface area (Å²) in [5.41, 5.74) is 1.85. The van der Waals surface area contributed by atoms with Crippen molar-refractivity contribution in [2.45, 2.75) is 13.3 Å². The zero-order chi connectivity index (χ0) is 16.6. The predicted octanol–water partition coefficient (Wildman–Crippen LogP) is 3.70. The summed E-state index contributed by atoms with van der Waals surface area (Å²) in [7, 11) is 1.83. The fourth-order valence-electron chi connectivity index (χ4n) is 2.16. The van der Waals surface area contributed by atoms with Gasteiger partial charge in [-0.3, -0.25) is 9.78 Å². The summed E-state index contributed by atoms with van der Waals surface area (Å²) in [5, 5.41) is 0.417. The van der Waals surface area contributed by atoms with Crippen molar-refractivity contribution in [1.29, 1.82) is 0 Å². The second-order valence-electron chi connectivity index (χ2n) is 5.01. The van der Waals surface area contributed by atoms with E-state index in [9.17, 15) is 4.79 Å². The van der Waals surface area contributed by atoms with E-state index in [0.29, 0.717) is 38.1 Å². The summed E-state index contributed by atoms with van der Waals surface area (Å²) < 4.78 is 8.22. The molecular formula is C15H12BrClN4O2. The predicted molar refractivity (Wildman–Crippen MR) is 89.9 cm³/mol. The minimum absolute atomic E-state index is 0.0375. The molecule has 0 aliphatic heterocycles. The third kappa shape index (κ3) is 3.20. The summed E-state index contributed by atoms with van der Waals surface area (Å²) in [6.45, 7) is 1.52. The van der Waals surface area contributed by atoms with Crippen LogP contribution in [0.1, 0.15) is 12.6 Å². The number of halogens is 2. The molecular weight excluding hydrogens is 384 g/mol. The number of hydrogen-bond donors (Lipinski definition) is 0. The van der Waals surface area contributed by atoms with E-state index in [2.05, 4.69) is 30.9 Å². The van der Waals surface area contributed by atoms with E-state index in [1.807, 2.05) is 7.05 Å². The lowest BCUT2D eigenvalue weighted by Gasteiger charge is -2.09. The second-order valence-corrected chi connectivity index (χ2v) is 6.10. The number of nitrogens with zero attached hydrogens (tertiary/aromatic N) is 4. The average molecular weight is 396 g/mol. The molecule has 0 amide bonds. The highest BCUT2D eigenvalue weighted by atomic mass is 79.9. The minimum Gasteiger partial charge on any atom is -0.454 e. The molecule has 0 aliphatic carbocycles. The van der Waals surface area contributed by atoms with Crippen LogP contribution in [0.2, 0.25) is 5.02 Å². The zero-order valence-electron chi connectivity index (χ0n) is 12.4. The van der Waals surface area contributed by atoms with Crippen molar-refractivity contribution in [3.8, 4) is 11.5 Å². The lowest BCUT2D eigenvalue weighted by molar-refractivity contribution is -0.116. The summed E-state index contributed by atoms with van der Waals surface area (Å²) in [5.74, 6) is 0.991. The Kier molecular flexibility index (Phi) is 4.32. The highest BCUT2D eigenvalue weighted by Crippen LogP contribution is 2.35. The molecule has 6 nitrogen and oxygen atoms in total. The van der Waals surface area contributed by atoms with E-state index in [1.165, 1.54) is 13.1 Å². The molecule has 0 fully saturated rings. The van der Waals surface area contributed by atoms with Crippen LogP contribution in [0.4, 0.5) is 0 Å². The zero-order valence-corrected chi connectivity index (χ0v) is 14.7. The molecule has 0 atom stereocenters. The molecule has 118 valence electrons. The lowest BCUT2D eigenvalue weighted by Crippen LogP contribution is -1.99. The van der Waals surface area contributed by atoms with Gasteiger partial charge in [0.1, 0.15) is 22.1 Å². The van der Waals surface area contributed by atoms with E-state index in [4.69, 9.17) is 16.3 Å². The number of hydrogen-bond acceptors (Lipinski definition) is 5. The molecule has 3 heterocycles. The highest BCUT2D eigenvalue weighted by molar-refractivity contribution is 9.10. The largest absolute Gasteiger partial charge is 0.454 e. The third-order valence-corrected chi connectivity index (χ3v) is 4.27. The number of ketones is 1. The van der Waals surface area contributed by atoms with Gasteiger partial charge in [0.25, 0.3) is 0 Å². The first-order valence-electron chi connectivity index (χ1n) is 6.74. The van der Waals surface area contributed by atoms with Crippen molar-refractivity contribution in [2.75, 3.05) is 0 Å². The van der Waals surface area contributed by atoms with Crippen molar-refractivity contribution in [1.82, 2.24) is 19.5 Å². The molecule has 0 unspecified atom stereocenters. The molecule has 23 heavy (non-hydrogen) atoms. The van der Waals surface area contributed by atoms with Gasteiger partial charge in [0.15, 0.2) is 16.1 Å². The molecule has 0 aliphatic rings. The fourth-order valence-corrected chi connectivity index (χ4v) is 2.80. The van der Waals surface area contributed by atoms with Crippen LogP contribution in [0.3, 0.4) is 0 Å². The molecule has 3 aromatic rings. The summed E-state index contributed by atoms with van der Waals surface area (Å²) in [4.78, 5) is 23.8. The number of aromatic nitrogens is 4. The van der Waals surface area contributed by atoms with Crippen molar-refractivity contribution in [3.05, 3.63) is 40.0 Å². The molecule has 0 N–H and O–H groups in total. The molecule has 0 saturated carbocycles. The number of Topliss-reactive ketones (excluding diaryl/α,β-unsaturated/α-hetero) is 1. The first-order chi connectivity index (χ1) is 11.0. The Morgan fingerprint density at radius 2 is 2.22 bits per heavy atom. The molecule has 0 spiro atoms. The van der Waals surface area contributed by atoms with E-state index in [1.54, 1.807) is 22.9 Å². The Balaban J connectivity index is 1.97. The smallest absolute Gasteiger partial charge is 0.180 e. The summed E-state index contributed by atoms with van der Waals surface area (Å²) >= 11 is 9.76. The summed E-state index contributed by atoms with van der Waals surface area (Å²) in [6, 6.07) is 3.41. The van der Waals surface area contributed by atoms with Gasteiger partial charge in [0.05, 0.1) is 11.9 Å². The van der Waals surface area contributed by atoms with Gasteiger partial charge >= 0.3 is 0 Å². The Labute approximate surface area is 145 Å². The van der Waals surface area contributed by atoms with Crippen LogP contribution in [0, 0.1) is 0 Å². The number of ether oxygens (including phenoxy) is 1.